The van der Waals surface area contributed by atoms with E-state index in [2.05, 4.69) is 51.0 Å². The van der Waals surface area contributed by atoms with Gasteiger partial charge in [0.1, 0.15) is 0 Å². The Morgan fingerprint density at radius 2 is 1.47 bits per heavy atom. The van der Waals surface area contributed by atoms with Crippen LogP contribution < -0.4 is 0 Å². The molecule has 0 radical (unpaired) electrons. The SMILES string of the molecule is C=CCN(C)C.CCN(C(C)C)C(C)C. The van der Waals surface area contributed by atoms with Gasteiger partial charge in [-0.2, -0.15) is 0 Å². The van der Waals surface area contributed by atoms with Crippen molar-refractivity contribution >= 4 is 0 Å². The average Bonchev–Trinajstić information content (AvgIpc) is 2.03. The highest BCUT2D eigenvalue weighted by atomic mass is 15.2. The molecule has 0 aliphatic carbocycles. The van der Waals surface area contributed by atoms with Crippen molar-refractivity contribution in [2.24, 2.45) is 0 Å². The van der Waals surface area contributed by atoms with E-state index in [1.807, 2.05) is 20.2 Å². The molecular weight excluding hydrogens is 184 g/mol. The number of hydrogen-bond donors (Lipinski definition) is 0. The number of hydrogen-bond acceptors (Lipinski definition) is 2. The van der Waals surface area contributed by atoms with E-state index in [-0.39, 0.29) is 0 Å². The fourth-order valence-electron chi connectivity index (χ4n) is 1.58. The van der Waals surface area contributed by atoms with Gasteiger partial charge in [-0.15, -0.1) is 6.58 Å². The number of rotatable bonds is 5. The summed E-state index contributed by atoms with van der Waals surface area (Å²) >= 11 is 0. The Balaban J connectivity index is 0. The van der Waals surface area contributed by atoms with Gasteiger partial charge in [0.25, 0.3) is 0 Å². The highest BCUT2D eigenvalue weighted by Gasteiger charge is 2.08. The summed E-state index contributed by atoms with van der Waals surface area (Å²) < 4.78 is 0. The molecule has 0 aliphatic heterocycles. The van der Waals surface area contributed by atoms with E-state index in [0.717, 1.165) is 13.1 Å². The van der Waals surface area contributed by atoms with Crippen molar-refractivity contribution < 1.29 is 0 Å². The molecule has 0 aromatic heterocycles. The molecule has 15 heavy (non-hydrogen) atoms. The molecule has 0 rings (SSSR count). The Hall–Kier alpha value is -0.340. The largest absolute Gasteiger partial charge is 0.306 e. The Morgan fingerprint density at radius 1 is 1.07 bits per heavy atom. The summed E-state index contributed by atoms with van der Waals surface area (Å²) in [5, 5.41) is 0. The van der Waals surface area contributed by atoms with Crippen molar-refractivity contribution in [3.8, 4) is 0 Å². The Bertz CT molecular complexity index is 131. The van der Waals surface area contributed by atoms with Gasteiger partial charge >= 0.3 is 0 Å². The van der Waals surface area contributed by atoms with E-state index in [0.29, 0.717) is 12.1 Å². The first-order chi connectivity index (χ1) is 6.86. The zero-order valence-corrected chi connectivity index (χ0v) is 11.7. The van der Waals surface area contributed by atoms with Gasteiger partial charge in [0, 0.05) is 18.6 Å². The molecule has 0 unspecified atom stereocenters. The molecule has 0 fully saturated rings. The minimum Gasteiger partial charge on any atom is -0.306 e. The molecule has 0 amide bonds. The summed E-state index contributed by atoms with van der Waals surface area (Å²) in [7, 11) is 4.03. The molecule has 0 atom stereocenters. The maximum absolute atomic E-state index is 3.56. The quantitative estimate of drug-likeness (QED) is 0.649. The van der Waals surface area contributed by atoms with Crippen LogP contribution in [0.1, 0.15) is 34.6 Å². The number of likely N-dealkylation sites (N-methyl/N-ethyl adjacent to an activating group) is 1. The third kappa shape index (κ3) is 11.6. The third-order valence-electron chi connectivity index (χ3n) is 2.19. The second kappa shape index (κ2) is 10.2. The molecule has 0 saturated carbocycles. The van der Waals surface area contributed by atoms with Crippen molar-refractivity contribution in [3.63, 3.8) is 0 Å². The summed E-state index contributed by atoms with van der Waals surface area (Å²) in [6.07, 6.45) is 1.88. The van der Waals surface area contributed by atoms with Crippen LogP contribution in [0.5, 0.6) is 0 Å². The van der Waals surface area contributed by atoms with Crippen LogP contribution in [0.2, 0.25) is 0 Å². The van der Waals surface area contributed by atoms with Gasteiger partial charge in [0.2, 0.25) is 0 Å². The Morgan fingerprint density at radius 3 is 1.47 bits per heavy atom. The first kappa shape index (κ1) is 17.1. The lowest BCUT2D eigenvalue weighted by atomic mass is 10.2. The highest BCUT2D eigenvalue weighted by Crippen LogP contribution is 2.02. The molecule has 0 aliphatic rings. The molecule has 2 nitrogen and oxygen atoms in total. The van der Waals surface area contributed by atoms with Crippen LogP contribution >= 0.6 is 0 Å². The number of nitrogens with zero attached hydrogens (tertiary/aromatic N) is 2. The summed E-state index contributed by atoms with van der Waals surface area (Å²) in [5.41, 5.74) is 0. The highest BCUT2D eigenvalue weighted by molar-refractivity contribution is 4.68. The lowest BCUT2D eigenvalue weighted by Gasteiger charge is -2.28. The molecule has 0 saturated heterocycles. The second-order valence-electron chi connectivity index (χ2n) is 4.57. The predicted molar refractivity (Wildman–Crippen MR) is 71.4 cm³/mol. The summed E-state index contributed by atoms with van der Waals surface area (Å²) in [5.74, 6) is 0. The zero-order chi connectivity index (χ0) is 12.4. The fraction of sp³-hybridized carbons (Fsp3) is 0.846. The summed E-state index contributed by atoms with van der Waals surface area (Å²) in [6, 6.07) is 1.38. The Kier molecular flexibility index (Phi) is 11.6. The molecule has 0 aromatic rings. The van der Waals surface area contributed by atoms with Crippen LogP contribution in [0.25, 0.3) is 0 Å². The van der Waals surface area contributed by atoms with E-state index in [4.69, 9.17) is 0 Å². The molecule has 0 heterocycles. The zero-order valence-electron chi connectivity index (χ0n) is 11.7. The van der Waals surface area contributed by atoms with E-state index in [1.165, 1.54) is 0 Å². The van der Waals surface area contributed by atoms with Crippen molar-refractivity contribution in [1.29, 1.82) is 0 Å². The molecule has 92 valence electrons. The van der Waals surface area contributed by atoms with Crippen LogP contribution in [0.3, 0.4) is 0 Å². The van der Waals surface area contributed by atoms with Gasteiger partial charge in [0.15, 0.2) is 0 Å². The van der Waals surface area contributed by atoms with Crippen molar-refractivity contribution in [1.82, 2.24) is 9.80 Å². The molecule has 0 bridgehead atoms. The van der Waals surface area contributed by atoms with E-state index < -0.39 is 0 Å². The van der Waals surface area contributed by atoms with Gasteiger partial charge < -0.3 is 4.90 Å². The van der Waals surface area contributed by atoms with Crippen molar-refractivity contribution in [3.05, 3.63) is 12.7 Å². The van der Waals surface area contributed by atoms with Gasteiger partial charge in [-0.3, -0.25) is 4.90 Å². The summed E-state index contributed by atoms with van der Waals surface area (Å²) in [4.78, 5) is 4.52. The minimum atomic E-state index is 0.690. The lowest BCUT2D eigenvalue weighted by Crippen LogP contribution is -2.36. The van der Waals surface area contributed by atoms with Crippen molar-refractivity contribution in [2.75, 3.05) is 27.2 Å². The first-order valence-electron chi connectivity index (χ1n) is 5.88. The topological polar surface area (TPSA) is 6.48 Å². The van der Waals surface area contributed by atoms with Gasteiger partial charge in [-0.25, -0.2) is 0 Å². The first-order valence-corrected chi connectivity index (χ1v) is 5.88. The van der Waals surface area contributed by atoms with Crippen LogP contribution in [0.4, 0.5) is 0 Å². The predicted octanol–water partition coefficient (Wildman–Crippen LogP) is 2.86. The fourth-order valence-corrected chi connectivity index (χ4v) is 1.58. The monoisotopic (exact) mass is 214 g/mol. The maximum atomic E-state index is 3.56. The third-order valence-corrected chi connectivity index (χ3v) is 2.19. The van der Waals surface area contributed by atoms with E-state index in [1.54, 1.807) is 0 Å². The van der Waals surface area contributed by atoms with Crippen LogP contribution in [0, 0.1) is 0 Å². The molecule has 2 heteroatoms. The van der Waals surface area contributed by atoms with E-state index in [9.17, 15) is 0 Å². The summed E-state index contributed by atoms with van der Waals surface area (Å²) in [6.45, 7) is 16.9. The molecule has 0 aromatic carbocycles. The Labute approximate surface area is 97.0 Å². The van der Waals surface area contributed by atoms with Crippen molar-refractivity contribution in [2.45, 2.75) is 46.7 Å². The average molecular weight is 214 g/mol. The van der Waals surface area contributed by atoms with Crippen LogP contribution in [-0.4, -0.2) is 49.1 Å². The standard InChI is InChI=1S/C8H19N.C5H11N/c1-6-9(7(2)3)8(4)5;1-4-5-6(2)3/h7-8H,6H2,1-5H3;4H,1,5H2,2-3H3. The maximum Gasteiger partial charge on any atom is 0.0154 e. The van der Waals surface area contributed by atoms with Gasteiger partial charge in [-0.1, -0.05) is 13.0 Å². The van der Waals surface area contributed by atoms with Crippen LogP contribution in [-0.2, 0) is 0 Å². The molecule has 0 N–H and O–H groups in total. The van der Waals surface area contributed by atoms with Gasteiger partial charge in [-0.05, 0) is 48.3 Å². The second-order valence-corrected chi connectivity index (χ2v) is 4.57. The van der Waals surface area contributed by atoms with E-state index >= 15 is 0 Å². The van der Waals surface area contributed by atoms with Crippen LogP contribution in [0.15, 0.2) is 12.7 Å². The minimum absolute atomic E-state index is 0.690. The molecular formula is C13H30N2. The normalized spacial score (nSPS) is 10.9. The molecule has 0 spiro atoms. The smallest absolute Gasteiger partial charge is 0.0154 e. The lowest BCUT2D eigenvalue weighted by molar-refractivity contribution is 0.185. The van der Waals surface area contributed by atoms with Gasteiger partial charge in [0.05, 0.1) is 0 Å².